The molecule has 0 aliphatic carbocycles. The van der Waals surface area contributed by atoms with Gasteiger partial charge in [0.1, 0.15) is 30.5 Å². The molecule has 5 rings (SSSR count). The van der Waals surface area contributed by atoms with Crippen LogP contribution in [0.5, 0.6) is 0 Å². The van der Waals surface area contributed by atoms with E-state index in [1.807, 2.05) is 18.2 Å². The second kappa shape index (κ2) is 10.2. The van der Waals surface area contributed by atoms with Crippen molar-refractivity contribution in [3.05, 3.63) is 83.2 Å². The molecule has 3 heterocycles. The van der Waals surface area contributed by atoms with E-state index in [0.717, 1.165) is 11.1 Å². The van der Waals surface area contributed by atoms with Crippen molar-refractivity contribution < 1.29 is 19.3 Å². The number of anilines is 1. The fraction of sp³-hybridized carbons (Fsp3) is 0.292. The maximum Gasteiger partial charge on any atom is 0.167 e. The number of benzene rings is 2. The van der Waals surface area contributed by atoms with Gasteiger partial charge in [0.2, 0.25) is 0 Å². The lowest BCUT2D eigenvalue weighted by molar-refractivity contribution is -0.0342. The minimum Gasteiger partial charge on any atom is -0.387 e. The molecule has 4 atom stereocenters. The fourth-order valence-corrected chi connectivity index (χ4v) is 4.35. The molecule has 0 saturated carbocycles. The van der Waals surface area contributed by atoms with E-state index in [2.05, 4.69) is 25.6 Å². The Morgan fingerprint density at radius 2 is 1.80 bits per heavy atom. The van der Waals surface area contributed by atoms with E-state index in [4.69, 9.17) is 16.3 Å². The number of hydrogen-bond donors (Lipinski definition) is 4. The number of hydrogen-bond acceptors (Lipinski definition) is 8. The highest BCUT2D eigenvalue weighted by Crippen LogP contribution is 2.32. The third-order valence-electron chi connectivity index (χ3n) is 5.88. The Labute approximate surface area is 205 Å². The van der Waals surface area contributed by atoms with Crippen molar-refractivity contribution in [3.63, 3.8) is 0 Å². The molecular weight excluding hydrogens is 475 g/mol. The van der Waals surface area contributed by atoms with Crippen LogP contribution < -0.4 is 10.6 Å². The first kappa shape index (κ1) is 23.6. The Hall–Kier alpha value is -3.15. The van der Waals surface area contributed by atoms with Gasteiger partial charge in [-0.05, 0) is 35.4 Å². The first-order valence-corrected chi connectivity index (χ1v) is 11.5. The van der Waals surface area contributed by atoms with Gasteiger partial charge in [-0.15, -0.1) is 0 Å². The van der Waals surface area contributed by atoms with E-state index < -0.39 is 24.5 Å². The number of ether oxygens (including phenoxy) is 1. The number of aliphatic hydroxyl groups excluding tert-OH is 2. The molecule has 182 valence electrons. The van der Waals surface area contributed by atoms with Gasteiger partial charge >= 0.3 is 0 Å². The van der Waals surface area contributed by atoms with Crippen molar-refractivity contribution in [2.75, 3.05) is 11.9 Å². The van der Waals surface area contributed by atoms with E-state index in [9.17, 15) is 14.6 Å². The van der Waals surface area contributed by atoms with Crippen LogP contribution in [0, 0.1) is 5.82 Å². The summed E-state index contributed by atoms with van der Waals surface area (Å²) in [6.45, 7) is 1.15. The number of fused-ring (bicyclic) bond motifs is 1. The predicted molar refractivity (Wildman–Crippen MR) is 128 cm³/mol. The predicted octanol–water partition coefficient (Wildman–Crippen LogP) is 2.64. The molecule has 4 N–H and O–H groups in total. The second-order valence-electron chi connectivity index (χ2n) is 8.34. The summed E-state index contributed by atoms with van der Waals surface area (Å²) < 4.78 is 20.9. The molecule has 1 aliphatic rings. The van der Waals surface area contributed by atoms with Crippen molar-refractivity contribution in [1.82, 2.24) is 24.8 Å². The molecule has 0 bridgehead atoms. The molecule has 11 heteroatoms. The van der Waals surface area contributed by atoms with Crippen LogP contribution in [0.1, 0.15) is 17.4 Å². The van der Waals surface area contributed by atoms with Gasteiger partial charge in [-0.25, -0.2) is 19.3 Å². The summed E-state index contributed by atoms with van der Waals surface area (Å²) in [5.74, 6) is 0.211. The van der Waals surface area contributed by atoms with Gasteiger partial charge in [-0.2, -0.15) is 0 Å². The summed E-state index contributed by atoms with van der Waals surface area (Å²) in [5, 5.41) is 28.3. The van der Waals surface area contributed by atoms with E-state index in [1.54, 1.807) is 22.8 Å². The Bertz CT molecular complexity index is 1320. The quantitative estimate of drug-likeness (QED) is 0.293. The molecule has 0 radical (unpaired) electrons. The summed E-state index contributed by atoms with van der Waals surface area (Å²) in [5.41, 5.74) is 2.71. The monoisotopic (exact) mass is 498 g/mol. The van der Waals surface area contributed by atoms with Crippen LogP contribution in [0.25, 0.3) is 11.2 Å². The van der Waals surface area contributed by atoms with Gasteiger partial charge in [-0.3, -0.25) is 4.57 Å². The topological polar surface area (TPSA) is 117 Å². The van der Waals surface area contributed by atoms with E-state index in [0.29, 0.717) is 35.1 Å². The highest BCUT2D eigenvalue weighted by atomic mass is 35.5. The number of halogens is 2. The van der Waals surface area contributed by atoms with Crippen molar-refractivity contribution >= 4 is 28.6 Å². The number of aliphatic hydroxyl groups is 2. The van der Waals surface area contributed by atoms with Crippen LogP contribution in [0.2, 0.25) is 5.02 Å². The lowest BCUT2D eigenvalue weighted by Crippen LogP contribution is -2.37. The Morgan fingerprint density at radius 3 is 2.60 bits per heavy atom. The van der Waals surface area contributed by atoms with E-state index >= 15 is 0 Å². The molecule has 35 heavy (non-hydrogen) atoms. The van der Waals surface area contributed by atoms with E-state index in [1.165, 1.54) is 24.8 Å². The fourth-order valence-electron chi connectivity index (χ4n) is 4.13. The molecule has 4 aromatic rings. The number of aromatic nitrogens is 4. The molecule has 1 aliphatic heterocycles. The lowest BCUT2D eigenvalue weighted by atomic mass is 10.1. The zero-order valence-corrected chi connectivity index (χ0v) is 19.3. The third-order valence-corrected chi connectivity index (χ3v) is 6.12. The summed E-state index contributed by atoms with van der Waals surface area (Å²) >= 11 is 6.06. The van der Waals surface area contributed by atoms with Crippen LogP contribution in [0.4, 0.5) is 10.2 Å². The number of imidazole rings is 1. The molecular formula is C24H24ClFN6O3. The van der Waals surface area contributed by atoms with E-state index in [-0.39, 0.29) is 12.4 Å². The third kappa shape index (κ3) is 5.12. The van der Waals surface area contributed by atoms with Crippen LogP contribution in [0.15, 0.2) is 61.2 Å². The smallest absolute Gasteiger partial charge is 0.167 e. The standard InChI is InChI=1S/C24H24ClFN6O3/c25-16-5-1-3-14(7-16)10-28-22-19-23(30-12-29-22)32(13-31-19)24-21(34)20(33)18(35-24)11-27-9-15-4-2-6-17(26)8-15/h1-8,12-13,18,20-21,24,27,33-34H,9-11H2,(H,28,29,30)/t18-,20-,21-,24-/m1/s1. The van der Waals surface area contributed by atoms with Crippen LogP contribution >= 0.6 is 11.6 Å². The maximum atomic E-state index is 13.4. The van der Waals surface area contributed by atoms with Crippen LogP contribution in [0.3, 0.4) is 0 Å². The van der Waals surface area contributed by atoms with Crippen molar-refractivity contribution in [2.45, 2.75) is 37.6 Å². The molecule has 1 fully saturated rings. The molecule has 0 amide bonds. The number of nitrogens with zero attached hydrogens (tertiary/aromatic N) is 4. The highest BCUT2D eigenvalue weighted by Gasteiger charge is 2.44. The van der Waals surface area contributed by atoms with Crippen LogP contribution in [-0.2, 0) is 17.8 Å². The lowest BCUT2D eigenvalue weighted by Gasteiger charge is -2.16. The van der Waals surface area contributed by atoms with Crippen molar-refractivity contribution in [1.29, 1.82) is 0 Å². The number of rotatable bonds is 8. The average molecular weight is 499 g/mol. The first-order chi connectivity index (χ1) is 17.0. The molecule has 0 spiro atoms. The van der Waals surface area contributed by atoms with Gasteiger partial charge in [0, 0.05) is 24.7 Å². The molecule has 0 unspecified atom stereocenters. The summed E-state index contributed by atoms with van der Waals surface area (Å²) in [7, 11) is 0. The highest BCUT2D eigenvalue weighted by molar-refractivity contribution is 6.30. The molecule has 2 aromatic carbocycles. The SMILES string of the molecule is O[C@@H]1[C@H](O)[C@@H](CNCc2cccc(F)c2)O[C@H]1n1cnc2c(NCc3cccc(Cl)c3)ncnc21. The summed E-state index contributed by atoms with van der Waals surface area (Å²) in [6.07, 6.45) is -0.968. The zero-order valence-electron chi connectivity index (χ0n) is 18.6. The summed E-state index contributed by atoms with van der Waals surface area (Å²) in [6, 6.07) is 13.7. The van der Waals surface area contributed by atoms with Crippen molar-refractivity contribution in [3.8, 4) is 0 Å². The number of nitrogens with one attached hydrogen (secondary N) is 2. The minimum absolute atomic E-state index is 0.263. The Balaban J connectivity index is 1.27. The van der Waals surface area contributed by atoms with Crippen molar-refractivity contribution in [2.24, 2.45) is 0 Å². The maximum absolute atomic E-state index is 13.4. The largest absolute Gasteiger partial charge is 0.387 e. The molecule has 1 saturated heterocycles. The minimum atomic E-state index is -1.19. The first-order valence-electron chi connectivity index (χ1n) is 11.1. The zero-order chi connectivity index (χ0) is 24.4. The molecule has 2 aromatic heterocycles. The normalized spacial score (nSPS) is 22.1. The average Bonchev–Trinajstić information content (AvgIpc) is 3.39. The Kier molecular flexibility index (Phi) is 6.89. The molecule has 9 nitrogen and oxygen atoms in total. The van der Waals surface area contributed by atoms with Gasteiger partial charge < -0.3 is 25.6 Å². The van der Waals surface area contributed by atoms with Gasteiger partial charge in [0.05, 0.1) is 6.33 Å². The summed E-state index contributed by atoms with van der Waals surface area (Å²) in [4.78, 5) is 13.0. The van der Waals surface area contributed by atoms with Gasteiger partial charge in [-0.1, -0.05) is 35.9 Å². The Morgan fingerprint density at radius 1 is 1.00 bits per heavy atom. The van der Waals surface area contributed by atoms with Crippen LogP contribution in [-0.4, -0.2) is 54.6 Å². The second-order valence-corrected chi connectivity index (χ2v) is 8.77. The van der Waals surface area contributed by atoms with Gasteiger partial charge in [0.15, 0.2) is 23.2 Å². The van der Waals surface area contributed by atoms with Gasteiger partial charge in [0.25, 0.3) is 0 Å².